The van der Waals surface area contributed by atoms with Crippen molar-refractivity contribution in [1.29, 1.82) is 0 Å². The number of hydrogen-bond acceptors (Lipinski definition) is 3. The molecule has 0 fully saturated rings. The highest BCUT2D eigenvalue weighted by Gasteiger charge is 2.40. The lowest BCUT2D eigenvalue weighted by atomic mass is 9.74. The number of aryl methyl sites for hydroxylation is 1. The van der Waals surface area contributed by atoms with Crippen LogP contribution in [-0.2, 0) is 4.79 Å². The van der Waals surface area contributed by atoms with E-state index in [4.69, 9.17) is 10.5 Å². The normalized spacial score (nSPS) is 12.2. The summed E-state index contributed by atoms with van der Waals surface area (Å²) in [7, 11) is 1.63. The number of ether oxygens (including phenoxy) is 1. The quantitative estimate of drug-likeness (QED) is 0.889. The van der Waals surface area contributed by atoms with Crippen LogP contribution >= 0.6 is 0 Å². The molecule has 0 radical (unpaired) electrons. The van der Waals surface area contributed by atoms with Gasteiger partial charge in [0.1, 0.15) is 5.75 Å². The number of carbonyl (C=O) groups excluding carboxylic acids is 1. The molecule has 4 nitrogen and oxygen atoms in total. The molecule has 1 amide bonds. The number of amides is 1. The van der Waals surface area contributed by atoms with Crippen molar-refractivity contribution >= 4 is 11.6 Å². The molecule has 0 aromatic heterocycles. The maximum atomic E-state index is 12.5. The molecule has 1 aromatic carbocycles. The fraction of sp³-hybridized carbons (Fsp3) is 0.562. The van der Waals surface area contributed by atoms with Gasteiger partial charge in [-0.1, -0.05) is 6.07 Å². The summed E-state index contributed by atoms with van der Waals surface area (Å²) >= 11 is 0. The molecule has 20 heavy (non-hydrogen) atoms. The Labute approximate surface area is 121 Å². The zero-order chi connectivity index (χ0) is 15.7. The molecule has 3 N–H and O–H groups in total. The van der Waals surface area contributed by atoms with Crippen LogP contribution in [0.15, 0.2) is 12.1 Å². The summed E-state index contributed by atoms with van der Waals surface area (Å²) in [5.41, 5.74) is 7.53. The van der Waals surface area contributed by atoms with Crippen molar-refractivity contribution in [3.8, 4) is 5.75 Å². The summed E-state index contributed by atoms with van der Waals surface area (Å²) in [4.78, 5) is 12.5. The summed E-state index contributed by atoms with van der Waals surface area (Å²) in [6, 6.07) is 3.83. The van der Waals surface area contributed by atoms with Crippen molar-refractivity contribution in [2.24, 2.45) is 11.1 Å². The topological polar surface area (TPSA) is 64.3 Å². The third-order valence-corrected chi connectivity index (χ3v) is 4.23. The summed E-state index contributed by atoms with van der Waals surface area (Å²) in [5, 5.41) is 2.96. The SMILES string of the molecule is COc1c(C)ccc(NC(=O)C(C)(C)C(C)(C)N)c1C. The van der Waals surface area contributed by atoms with Gasteiger partial charge in [0.2, 0.25) is 5.91 Å². The second-order valence-electron chi connectivity index (χ2n) is 6.39. The molecule has 1 rings (SSSR count). The van der Waals surface area contributed by atoms with Gasteiger partial charge in [-0.15, -0.1) is 0 Å². The Balaban J connectivity index is 3.10. The summed E-state index contributed by atoms with van der Waals surface area (Å²) in [5.74, 6) is 0.701. The van der Waals surface area contributed by atoms with Crippen LogP contribution in [0.4, 0.5) is 5.69 Å². The molecule has 4 heteroatoms. The van der Waals surface area contributed by atoms with Gasteiger partial charge in [-0.25, -0.2) is 0 Å². The molecular weight excluding hydrogens is 252 g/mol. The maximum Gasteiger partial charge on any atom is 0.231 e. The predicted octanol–water partition coefficient (Wildman–Crippen LogP) is 3.01. The van der Waals surface area contributed by atoms with Crippen LogP contribution in [0.25, 0.3) is 0 Å². The van der Waals surface area contributed by atoms with E-state index in [1.165, 1.54) is 0 Å². The average molecular weight is 278 g/mol. The van der Waals surface area contributed by atoms with Gasteiger partial charge in [0.05, 0.1) is 12.5 Å². The molecule has 0 spiro atoms. The van der Waals surface area contributed by atoms with Gasteiger partial charge in [0.15, 0.2) is 0 Å². The van der Waals surface area contributed by atoms with Gasteiger partial charge in [-0.2, -0.15) is 0 Å². The first kappa shape index (κ1) is 16.5. The molecule has 112 valence electrons. The van der Waals surface area contributed by atoms with E-state index in [2.05, 4.69) is 5.32 Å². The highest BCUT2D eigenvalue weighted by Crippen LogP contribution is 2.33. The standard InChI is InChI=1S/C16H26N2O2/c1-10-8-9-12(11(2)13(10)20-7)18-14(19)15(3,4)16(5,6)17/h8-9H,17H2,1-7H3,(H,18,19). The third-order valence-electron chi connectivity index (χ3n) is 4.23. The van der Waals surface area contributed by atoms with E-state index in [-0.39, 0.29) is 5.91 Å². The molecule has 0 aliphatic heterocycles. The third kappa shape index (κ3) is 2.96. The van der Waals surface area contributed by atoms with Gasteiger partial charge < -0.3 is 15.8 Å². The molecule has 1 aromatic rings. The van der Waals surface area contributed by atoms with Gasteiger partial charge >= 0.3 is 0 Å². The first-order valence-corrected chi connectivity index (χ1v) is 6.77. The van der Waals surface area contributed by atoms with Crippen LogP contribution in [0.5, 0.6) is 5.75 Å². The Morgan fingerprint density at radius 3 is 2.20 bits per heavy atom. The van der Waals surface area contributed by atoms with E-state index in [1.54, 1.807) is 7.11 Å². The van der Waals surface area contributed by atoms with Gasteiger partial charge in [0.25, 0.3) is 0 Å². The minimum absolute atomic E-state index is 0.0981. The highest BCUT2D eigenvalue weighted by molar-refractivity contribution is 5.96. The molecule has 0 atom stereocenters. The van der Waals surface area contributed by atoms with E-state index >= 15 is 0 Å². The van der Waals surface area contributed by atoms with Crippen LogP contribution in [-0.4, -0.2) is 18.6 Å². The lowest BCUT2D eigenvalue weighted by molar-refractivity contribution is -0.126. The van der Waals surface area contributed by atoms with Crippen LogP contribution in [0.1, 0.15) is 38.8 Å². The van der Waals surface area contributed by atoms with Crippen molar-refractivity contribution in [3.63, 3.8) is 0 Å². The average Bonchev–Trinajstić information content (AvgIpc) is 2.31. The van der Waals surface area contributed by atoms with Crippen LogP contribution in [0.2, 0.25) is 0 Å². The van der Waals surface area contributed by atoms with Gasteiger partial charge in [-0.3, -0.25) is 4.79 Å². The smallest absolute Gasteiger partial charge is 0.231 e. The Bertz CT molecular complexity index is 514. The molecule has 0 unspecified atom stereocenters. The molecule has 0 saturated heterocycles. The number of methoxy groups -OCH3 is 1. The number of nitrogens with one attached hydrogen (secondary N) is 1. The van der Waals surface area contributed by atoms with Crippen molar-refractivity contribution < 1.29 is 9.53 Å². The summed E-state index contributed by atoms with van der Waals surface area (Å²) in [6.45, 7) is 11.3. The monoisotopic (exact) mass is 278 g/mol. The fourth-order valence-corrected chi connectivity index (χ4v) is 1.85. The van der Waals surface area contributed by atoms with E-state index < -0.39 is 11.0 Å². The van der Waals surface area contributed by atoms with Gasteiger partial charge in [-0.05, 0) is 53.2 Å². The Morgan fingerprint density at radius 2 is 1.75 bits per heavy atom. The number of anilines is 1. The van der Waals surface area contributed by atoms with E-state index in [0.717, 1.165) is 22.6 Å². The molecule has 0 aliphatic rings. The number of benzene rings is 1. The number of rotatable bonds is 4. The zero-order valence-electron chi connectivity index (χ0n) is 13.5. The number of carbonyl (C=O) groups is 1. The highest BCUT2D eigenvalue weighted by atomic mass is 16.5. The molecule has 0 bridgehead atoms. The lowest BCUT2D eigenvalue weighted by Crippen LogP contribution is -2.53. The largest absolute Gasteiger partial charge is 0.496 e. The Kier molecular flexibility index (Phi) is 4.49. The minimum atomic E-state index is -0.683. The van der Waals surface area contributed by atoms with E-state index in [9.17, 15) is 4.79 Å². The van der Waals surface area contributed by atoms with Crippen molar-refractivity contribution in [1.82, 2.24) is 0 Å². The van der Waals surface area contributed by atoms with Crippen LogP contribution in [0, 0.1) is 19.3 Å². The van der Waals surface area contributed by atoms with E-state index in [0.29, 0.717) is 0 Å². The molecule has 0 saturated carbocycles. The first-order valence-electron chi connectivity index (χ1n) is 6.77. The van der Waals surface area contributed by atoms with Crippen LogP contribution < -0.4 is 15.8 Å². The minimum Gasteiger partial charge on any atom is -0.496 e. The Hall–Kier alpha value is -1.55. The van der Waals surface area contributed by atoms with E-state index in [1.807, 2.05) is 53.7 Å². The molecule has 0 aliphatic carbocycles. The number of nitrogens with two attached hydrogens (primary N) is 1. The first-order chi connectivity index (χ1) is 9.02. The molecule has 0 heterocycles. The van der Waals surface area contributed by atoms with Crippen molar-refractivity contribution in [2.45, 2.75) is 47.1 Å². The summed E-state index contributed by atoms with van der Waals surface area (Å²) in [6.07, 6.45) is 0. The van der Waals surface area contributed by atoms with Crippen molar-refractivity contribution in [3.05, 3.63) is 23.3 Å². The lowest BCUT2D eigenvalue weighted by Gasteiger charge is -2.37. The maximum absolute atomic E-state index is 12.5. The number of hydrogen-bond donors (Lipinski definition) is 2. The fourth-order valence-electron chi connectivity index (χ4n) is 1.85. The van der Waals surface area contributed by atoms with Gasteiger partial charge in [0, 0.05) is 16.8 Å². The second-order valence-corrected chi connectivity index (χ2v) is 6.39. The zero-order valence-corrected chi connectivity index (χ0v) is 13.5. The van der Waals surface area contributed by atoms with Crippen LogP contribution in [0.3, 0.4) is 0 Å². The van der Waals surface area contributed by atoms with Crippen molar-refractivity contribution in [2.75, 3.05) is 12.4 Å². The Morgan fingerprint density at radius 1 is 1.20 bits per heavy atom. The predicted molar refractivity (Wildman–Crippen MR) is 83.1 cm³/mol. The summed E-state index contributed by atoms with van der Waals surface area (Å²) < 4.78 is 5.37. The second kappa shape index (κ2) is 5.44. The molecular formula is C16H26N2O2.